The van der Waals surface area contributed by atoms with Gasteiger partial charge in [-0.1, -0.05) is 36.4 Å². The number of halogens is 1. The molecule has 144 valence electrons. The van der Waals surface area contributed by atoms with Crippen molar-refractivity contribution in [2.45, 2.75) is 32.6 Å². The van der Waals surface area contributed by atoms with Crippen LogP contribution in [0.4, 0.5) is 4.39 Å². The second-order valence-electron chi connectivity index (χ2n) is 7.71. The number of aromatic nitrogens is 3. The Morgan fingerprint density at radius 1 is 1.03 bits per heavy atom. The molecule has 4 aromatic rings. The molecule has 29 heavy (non-hydrogen) atoms. The average molecular weight is 385 g/mol. The number of rotatable bonds is 2. The molecule has 0 saturated heterocycles. The molecule has 2 heterocycles. The average Bonchev–Trinajstić information content (AvgIpc) is 3.05. The van der Waals surface area contributed by atoms with Crippen LogP contribution in [0.1, 0.15) is 45.2 Å². The molecule has 1 unspecified atom stereocenters. The number of carbonyl (C=O) groups is 1. The minimum absolute atomic E-state index is 0.102. The maximum atomic E-state index is 13.4. The fraction of sp³-hybridized carbons (Fsp3) is 0.208. The van der Waals surface area contributed by atoms with Crippen LogP contribution in [0.2, 0.25) is 0 Å². The Bertz CT molecular complexity index is 1260. The van der Waals surface area contributed by atoms with Crippen LogP contribution in [-0.4, -0.2) is 20.4 Å². The lowest BCUT2D eigenvalue weighted by molar-refractivity contribution is 0.0962. The lowest BCUT2D eigenvalue weighted by Gasteiger charge is -2.25. The molecule has 0 N–H and O–H groups in total. The predicted octanol–water partition coefficient (Wildman–Crippen LogP) is 5.06. The topological polar surface area (TPSA) is 47.3 Å². The van der Waals surface area contributed by atoms with Gasteiger partial charge in [-0.15, -0.1) is 0 Å². The van der Waals surface area contributed by atoms with Crippen molar-refractivity contribution in [1.29, 1.82) is 0 Å². The Kier molecular flexibility index (Phi) is 4.05. The molecular weight excluding hydrogens is 365 g/mol. The molecule has 0 aliphatic heterocycles. The van der Waals surface area contributed by atoms with Crippen molar-refractivity contribution in [2.75, 3.05) is 0 Å². The summed E-state index contributed by atoms with van der Waals surface area (Å²) in [4.78, 5) is 17.5. The maximum absolute atomic E-state index is 13.4. The molecule has 5 rings (SSSR count). The predicted molar refractivity (Wildman–Crippen MR) is 110 cm³/mol. The summed E-state index contributed by atoms with van der Waals surface area (Å²) in [6.07, 6.45) is 2.89. The van der Waals surface area contributed by atoms with Crippen LogP contribution in [0.25, 0.3) is 16.8 Å². The van der Waals surface area contributed by atoms with Crippen molar-refractivity contribution < 1.29 is 9.18 Å². The van der Waals surface area contributed by atoms with Crippen LogP contribution in [-0.2, 0) is 6.42 Å². The summed E-state index contributed by atoms with van der Waals surface area (Å²) in [6, 6.07) is 14.6. The Morgan fingerprint density at radius 3 is 2.55 bits per heavy atom. The van der Waals surface area contributed by atoms with Crippen molar-refractivity contribution in [3.63, 3.8) is 0 Å². The van der Waals surface area contributed by atoms with E-state index in [4.69, 9.17) is 5.10 Å². The molecule has 1 aliphatic carbocycles. The van der Waals surface area contributed by atoms with Crippen LogP contribution in [0, 0.1) is 19.7 Å². The molecule has 5 heteroatoms. The lowest BCUT2D eigenvalue weighted by atomic mass is 9.80. The third-order valence-corrected chi connectivity index (χ3v) is 5.85. The van der Waals surface area contributed by atoms with Gasteiger partial charge >= 0.3 is 0 Å². The van der Waals surface area contributed by atoms with Gasteiger partial charge in [0.25, 0.3) is 0 Å². The fourth-order valence-corrected chi connectivity index (χ4v) is 4.42. The summed E-state index contributed by atoms with van der Waals surface area (Å²) in [5, 5.41) is 4.72. The summed E-state index contributed by atoms with van der Waals surface area (Å²) in [6.45, 7) is 4.01. The highest BCUT2D eigenvalue weighted by atomic mass is 19.1. The minimum Gasteiger partial charge on any atom is -0.294 e. The highest BCUT2D eigenvalue weighted by Gasteiger charge is 2.30. The van der Waals surface area contributed by atoms with Gasteiger partial charge in [0.05, 0.1) is 17.0 Å². The number of hydrogen-bond donors (Lipinski definition) is 0. The zero-order valence-corrected chi connectivity index (χ0v) is 16.3. The molecule has 0 radical (unpaired) electrons. The van der Waals surface area contributed by atoms with Gasteiger partial charge in [0.15, 0.2) is 11.4 Å². The quantitative estimate of drug-likeness (QED) is 0.484. The third kappa shape index (κ3) is 2.85. The van der Waals surface area contributed by atoms with Gasteiger partial charge in [-0.05, 0) is 55.0 Å². The second-order valence-corrected chi connectivity index (χ2v) is 7.71. The van der Waals surface area contributed by atoms with E-state index in [0.29, 0.717) is 17.6 Å². The molecule has 1 atom stereocenters. The van der Waals surface area contributed by atoms with Gasteiger partial charge in [0.2, 0.25) is 0 Å². The molecule has 0 amide bonds. The zero-order valence-electron chi connectivity index (χ0n) is 16.3. The molecule has 2 aromatic carbocycles. The number of fused-ring (bicyclic) bond motifs is 3. The Hall–Kier alpha value is -3.34. The van der Waals surface area contributed by atoms with E-state index in [1.54, 1.807) is 18.3 Å². The van der Waals surface area contributed by atoms with Crippen LogP contribution in [0.5, 0.6) is 0 Å². The molecule has 0 spiro atoms. The van der Waals surface area contributed by atoms with Crippen LogP contribution >= 0.6 is 0 Å². The van der Waals surface area contributed by atoms with Crippen molar-refractivity contribution >= 4 is 11.4 Å². The van der Waals surface area contributed by atoms with Gasteiger partial charge in [-0.2, -0.15) is 5.10 Å². The number of ketones is 1. The summed E-state index contributed by atoms with van der Waals surface area (Å²) in [5.41, 5.74) is 7.20. The summed E-state index contributed by atoms with van der Waals surface area (Å²) < 4.78 is 15.2. The molecule has 0 saturated carbocycles. The van der Waals surface area contributed by atoms with Crippen molar-refractivity contribution in [3.05, 3.63) is 88.6 Å². The molecular formula is C24H20FN3O. The number of benzene rings is 2. The first-order valence-electron chi connectivity index (χ1n) is 9.75. The molecule has 0 fully saturated rings. The third-order valence-electron chi connectivity index (χ3n) is 5.85. The maximum Gasteiger partial charge on any atom is 0.166 e. The lowest BCUT2D eigenvalue weighted by Crippen LogP contribution is -2.23. The van der Waals surface area contributed by atoms with Gasteiger partial charge in [0, 0.05) is 18.2 Å². The van der Waals surface area contributed by atoms with E-state index < -0.39 is 0 Å². The van der Waals surface area contributed by atoms with E-state index in [0.717, 1.165) is 28.9 Å². The molecule has 2 aromatic heterocycles. The minimum atomic E-state index is -0.278. The standard InChI is InChI=1S/C24H20FN3O/c1-14-5-3-4-6-19(14)17-11-21-20(22(29)12-17)13-26-24-23(15(2)27-28(21)24)16-7-9-18(25)10-8-16/h3-10,13,17H,11-12H2,1-2H3. The van der Waals surface area contributed by atoms with Crippen molar-refractivity contribution in [1.82, 2.24) is 14.6 Å². The first-order valence-corrected chi connectivity index (χ1v) is 9.75. The number of carbonyl (C=O) groups excluding carboxylic acids is 1. The Balaban J connectivity index is 1.67. The van der Waals surface area contributed by atoms with E-state index in [2.05, 4.69) is 24.0 Å². The second kappa shape index (κ2) is 6.62. The van der Waals surface area contributed by atoms with E-state index >= 15 is 0 Å². The van der Waals surface area contributed by atoms with E-state index in [9.17, 15) is 9.18 Å². The van der Waals surface area contributed by atoms with Crippen LogP contribution in [0.3, 0.4) is 0 Å². The monoisotopic (exact) mass is 385 g/mol. The van der Waals surface area contributed by atoms with Crippen molar-refractivity contribution in [3.8, 4) is 11.1 Å². The summed E-state index contributed by atoms with van der Waals surface area (Å²) in [7, 11) is 0. The number of aryl methyl sites for hydroxylation is 2. The Labute approximate surface area is 168 Å². The largest absolute Gasteiger partial charge is 0.294 e. The number of hydrogen-bond acceptors (Lipinski definition) is 3. The number of nitrogens with zero attached hydrogens (tertiary/aromatic N) is 3. The van der Waals surface area contributed by atoms with Crippen molar-refractivity contribution in [2.24, 2.45) is 0 Å². The Morgan fingerprint density at radius 2 is 1.79 bits per heavy atom. The SMILES string of the molecule is Cc1ccccc1C1CC(=O)c2cnc3c(-c4ccc(F)cc4)c(C)nn3c2C1. The fourth-order valence-electron chi connectivity index (χ4n) is 4.42. The van der Waals surface area contributed by atoms with E-state index in [1.807, 2.05) is 23.6 Å². The van der Waals surface area contributed by atoms with Gasteiger partial charge < -0.3 is 0 Å². The van der Waals surface area contributed by atoms with E-state index in [-0.39, 0.29) is 17.5 Å². The normalized spacial score (nSPS) is 16.2. The smallest absolute Gasteiger partial charge is 0.166 e. The van der Waals surface area contributed by atoms with Crippen LogP contribution in [0.15, 0.2) is 54.7 Å². The summed E-state index contributed by atoms with van der Waals surface area (Å²) >= 11 is 0. The van der Waals surface area contributed by atoms with Gasteiger partial charge in [-0.25, -0.2) is 13.9 Å². The summed E-state index contributed by atoms with van der Waals surface area (Å²) in [5.74, 6) is -0.0501. The number of Topliss-reactive ketones (excluding diaryl/α,β-unsaturated/α-hetero) is 1. The highest BCUT2D eigenvalue weighted by Crippen LogP contribution is 2.36. The molecule has 0 bridgehead atoms. The first-order chi connectivity index (χ1) is 14.0. The molecule has 1 aliphatic rings. The van der Waals surface area contributed by atoms with Crippen LogP contribution < -0.4 is 0 Å². The van der Waals surface area contributed by atoms with Gasteiger partial charge in [-0.3, -0.25) is 4.79 Å². The molecule has 4 nitrogen and oxygen atoms in total. The first kappa shape index (κ1) is 17.7. The van der Waals surface area contributed by atoms with Gasteiger partial charge in [0.1, 0.15) is 5.82 Å². The highest BCUT2D eigenvalue weighted by molar-refractivity contribution is 5.99. The van der Waals surface area contributed by atoms with E-state index in [1.165, 1.54) is 23.3 Å². The zero-order chi connectivity index (χ0) is 20.1.